The summed E-state index contributed by atoms with van der Waals surface area (Å²) in [6.07, 6.45) is 6.86. The van der Waals surface area contributed by atoms with Crippen LogP contribution in [0.3, 0.4) is 0 Å². The Kier molecular flexibility index (Phi) is 2.82. The van der Waals surface area contributed by atoms with Crippen molar-refractivity contribution in [3.63, 3.8) is 0 Å². The fraction of sp³-hybridized carbons (Fsp3) is 0.400. The average molecular weight is 243 g/mol. The maximum absolute atomic E-state index is 10.4. The number of piperidine rings is 1. The first-order valence-corrected chi connectivity index (χ1v) is 6.50. The second-order valence-electron chi connectivity index (χ2n) is 5.25. The molecule has 1 saturated carbocycles. The molecule has 0 amide bonds. The zero-order chi connectivity index (χ0) is 12.5. The molecule has 3 nitrogen and oxygen atoms in total. The van der Waals surface area contributed by atoms with Crippen LogP contribution in [0.5, 0.6) is 0 Å². The van der Waals surface area contributed by atoms with E-state index in [1.807, 2.05) is 12.1 Å². The first-order chi connectivity index (χ1) is 8.72. The molecular formula is C15H17NO2. The van der Waals surface area contributed by atoms with Crippen LogP contribution in [-0.2, 0) is 4.79 Å². The second-order valence-corrected chi connectivity index (χ2v) is 5.25. The number of carbonyl (C=O) groups is 1. The standard InChI is InChI=1S/C15H17NO2/c17-15(18)8-4-11-1-5-13(6-2-11)16-10-12-3-7-14(16)9-12/h1-2,4-6,8,12,14H,3,7,9-10H2,(H,17,18). The van der Waals surface area contributed by atoms with Crippen molar-refractivity contribution in [2.45, 2.75) is 25.3 Å². The molecule has 2 fully saturated rings. The number of hydrogen-bond donors (Lipinski definition) is 1. The predicted octanol–water partition coefficient (Wildman–Crippen LogP) is 2.77. The Morgan fingerprint density at radius 2 is 2.06 bits per heavy atom. The van der Waals surface area contributed by atoms with Crippen LogP contribution in [0.2, 0.25) is 0 Å². The van der Waals surface area contributed by atoms with Crippen LogP contribution in [0.1, 0.15) is 24.8 Å². The molecule has 3 heteroatoms. The molecule has 2 atom stereocenters. The molecule has 1 heterocycles. The van der Waals surface area contributed by atoms with Gasteiger partial charge in [0.25, 0.3) is 0 Å². The first kappa shape index (κ1) is 11.3. The van der Waals surface area contributed by atoms with Gasteiger partial charge in [-0.3, -0.25) is 0 Å². The van der Waals surface area contributed by atoms with Gasteiger partial charge in [0.2, 0.25) is 0 Å². The van der Waals surface area contributed by atoms with E-state index in [1.165, 1.54) is 37.6 Å². The summed E-state index contributed by atoms with van der Waals surface area (Å²) >= 11 is 0. The molecule has 94 valence electrons. The number of carboxylic acid groups (broad SMARTS) is 1. The van der Waals surface area contributed by atoms with Crippen LogP contribution in [0, 0.1) is 5.92 Å². The van der Waals surface area contributed by atoms with Crippen molar-refractivity contribution in [1.82, 2.24) is 0 Å². The molecule has 1 aromatic rings. The summed E-state index contributed by atoms with van der Waals surface area (Å²) in [4.78, 5) is 12.9. The third kappa shape index (κ3) is 2.13. The summed E-state index contributed by atoms with van der Waals surface area (Å²) in [5, 5.41) is 8.58. The lowest BCUT2D eigenvalue weighted by molar-refractivity contribution is -0.131. The lowest BCUT2D eigenvalue weighted by Crippen LogP contribution is -2.31. The van der Waals surface area contributed by atoms with E-state index in [-0.39, 0.29) is 0 Å². The van der Waals surface area contributed by atoms with Crippen LogP contribution < -0.4 is 4.90 Å². The lowest BCUT2D eigenvalue weighted by Gasteiger charge is -2.29. The van der Waals surface area contributed by atoms with Gasteiger partial charge in [-0.05, 0) is 49.0 Å². The minimum absolute atomic E-state index is 0.732. The molecule has 1 saturated heterocycles. The molecule has 2 bridgehead atoms. The molecular weight excluding hydrogens is 226 g/mol. The van der Waals surface area contributed by atoms with Gasteiger partial charge in [0.15, 0.2) is 0 Å². The van der Waals surface area contributed by atoms with Gasteiger partial charge in [-0.15, -0.1) is 0 Å². The van der Waals surface area contributed by atoms with Gasteiger partial charge in [-0.2, -0.15) is 0 Å². The first-order valence-electron chi connectivity index (χ1n) is 6.50. The molecule has 0 aromatic heterocycles. The SMILES string of the molecule is O=C(O)C=Cc1ccc(N2CC3CCC2C3)cc1. The molecule has 2 aliphatic rings. The normalized spacial score (nSPS) is 26.1. The Bertz CT molecular complexity index is 478. The van der Waals surface area contributed by atoms with Gasteiger partial charge in [-0.25, -0.2) is 4.79 Å². The van der Waals surface area contributed by atoms with E-state index in [1.54, 1.807) is 6.08 Å². The summed E-state index contributed by atoms with van der Waals surface area (Å²) < 4.78 is 0. The summed E-state index contributed by atoms with van der Waals surface area (Å²) in [5.74, 6) is -0.0162. The van der Waals surface area contributed by atoms with Gasteiger partial charge in [0, 0.05) is 24.4 Å². The number of hydrogen-bond acceptors (Lipinski definition) is 2. The van der Waals surface area contributed by atoms with Crippen molar-refractivity contribution >= 4 is 17.7 Å². The Labute approximate surface area is 107 Å². The molecule has 0 spiro atoms. The monoisotopic (exact) mass is 243 g/mol. The highest BCUT2D eigenvalue weighted by Gasteiger charge is 2.37. The van der Waals surface area contributed by atoms with Crippen LogP contribution in [0.15, 0.2) is 30.3 Å². The summed E-state index contributed by atoms with van der Waals surface area (Å²) in [5.41, 5.74) is 2.21. The number of rotatable bonds is 3. The summed E-state index contributed by atoms with van der Waals surface area (Å²) in [7, 11) is 0. The molecule has 2 unspecified atom stereocenters. The molecule has 0 radical (unpaired) electrons. The fourth-order valence-corrected chi connectivity index (χ4v) is 3.19. The Morgan fingerprint density at radius 3 is 2.61 bits per heavy atom. The Hall–Kier alpha value is -1.77. The van der Waals surface area contributed by atoms with Crippen molar-refractivity contribution < 1.29 is 9.90 Å². The highest BCUT2D eigenvalue weighted by Crippen LogP contribution is 2.40. The van der Waals surface area contributed by atoms with E-state index in [0.717, 1.165) is 17.5 Å². The topological polar surface area (TPSA) is 40.5 Å². The van der Waals surface area contributed by atoms with E-state index in [4.69, 9.17) is 5.11 Å². The van der Waals surface area contributed by atoms with Gasteiger partial charge in [0.1, 0.15) is 0 Å². The quantitative estimate of drug-likeness (QED) is 0.830. The van der Waals surface area contributed by atoms with E-state index in [9.17, 15) is 4.79 Å². The smallest absolute Gasteiger partial charge is 0.328 e. The van der Waals surface area contributed by atoms with E-state index in [0.29, 0.717) is 0 Å². The maximum Gasteiger partial charge on any atom is 0.328 e. The second kappa shape index (κ2) is 4.48. The molecule has 1 N–H and O–H groups in total. The van der Waals surface area contributed by atoms with Gasteiger partial charge in [-0.1, -0.05) is 12.1 Å². The van der Waals surface area contributed by atoms with Crippen molar-refractivity contribution in [3.8, 4) is 0 Å². The third-order valence-electron chi connectivity index (χ3n) is 4.05. The molecule has 18 heavy (non-hydrogen) atoms. The van der Waals surface area contributed by atoms with E-state index < -0.39 is 5.97 Å². The highest BCUT2D eigenvalue weighted by atomic mass is 16.4. The molecule has 1 aliphatic heterocycles. The predicted molar refractivity (Wildman–Crippen MR) is 71.6 cm³/mol. The highest BCUT2D eigenvalue weighted by molar-refractivity contribution is 5.85. The fourth-order valence-electron chi connectivity index (χ4n) is 3.19. The van der Waals surface area contributed by atoms with Gasteiger partial charge < -0.3 is 10.0 Å². The Balaban J connectivity index is 1.73. The molecule has 1 aromatic carbocycles. The van der Waals surface area contributed by atoms with Crippen molar-refractivity contribution in [3.05, 3.63) is 35.9 Å². The number of aliphatic carboxylic acids is 1. The van der Waals surface area contributed by atoms with Gasteiger partial charge in [0.05, 0.1) is 0 Å². The summed E-state index contributed by atoms with van der Waals surface area (Å²) in [6.45, 7) is 1.19. The van der Waals surface area contributed by atoms with Crippen LogP contribution >= 0.6 is 0 Å². The minimum atomic E-state index is -0.907. The number of anilines is 1. The summed E-state index contributed by atoms with van der Waals surface area (Å²) in [6, 6.07) is 8.90. The number of benzene rings is 1. The van der Waals surface area contributed by atoms with Crippen molar-refractivity contribution in [2.24, 2.45) is 5.92 Å². The zero-order valence-corrected chi connectivity index (χ0v) is 10.2. The van der Waals surface area contributed by atoms with Crippen molar-refractivity contribution in [1.29, 1.82) is 0 Å². The van der Waals surface area contributed by atoms with Crippen LogP contribution in [0.25, 0.3) is 6.08 Å². The van der Waals surface area contributed by atoms with E-state index >= 15 is 0 Å². The molecule has 3 rings (SSSR count). The zero-order valence-electron chi connectivity index (χ0n) is 10.2. The van der Waals surface area contributed by atoms with Crippen molar-refractivity contribution in [2.75, 3.05) is 11.4 Å². The number of fused-ring (bicyclic) bond motifs is 2. The average Bonchev–Trinajstić information content (AvgIpc) is 2.99. The third-order valence-corrected chi connectivity index (χ3v) is 4.05. The lowest BCUT2D eigenvalue weighted by atomic mass is 10.1. The maximum atomic E-state index is 10.4. The largest absolute Gasteiger partial charge is 0.478 e. The molecule has 1 aliphatic carbocycles. The van der Waals surface area contributed by atoms with Gasteiger partial charge >= 0.3 is 5.97 Å². The van der Waals surface area contributed by atoms with Crippen LogP contribution in [-0.4, -0.2) is 23.7 Å². The Morgan fingerprint density at radius 1 is 1.28 bits per heavy atom. The number of carboxylic acids is 1. The van der Waals surface area contributed by atoms with Crippen LogP contribution in [0.4, 0.5) is 5.69 Å². The van der Waals surface area contributed by atoms with E-state index in [2.05, 4.69) is 17.0 Å². The minimum Gasteiger partial charge on any atom is -0.478 e. The number of nitrogens with zero attached hydrogens (tertiary/aromatic N) is 1.